The molecule has 0 saturated heterocycles. The van der Waals surface area contributed by atoms with Crippen molar-refractivity contribution in [2.24, 2.45) is 11.8 Å². The molecule has 3 heteroatoms. The quantitative estimate of drug-likeness (QED) is 0.548. The van der Waals surface area contributed by atoms with Gasteiger partial charge in [0.2, 0.25) is 0 Å². The first-order valence-corrected chi connectivity index (χ1v) is 6.62. The molecule has 0 atom stereocenters. The van der Waals surface area contributed by atoms with Crippen molar-refractivity contribution < 1.29 is 14.3 Å². The van der Waals surface area contributed by atoms with Crippen LogP contribution in [0.3, 0.4) is 0 Å². The molecule has 1 rings (SSSR count). The first kappa shape index (κ1) is 14.2. The Labute approximate surface area is 104 Å². The Morgan fingerprint density at radius 3 is 2.41 bits per heavy atom. The molecule has 0 spiro atoms. The van der Waals surface area contributed by atoms with Gasteiger partial charge in [-0.05, 0) is 43.9 Å². The number of carbonyl (C=O) groups is 2. The Bertz CT molecular complexity index is 263. The number of carbonyl (C=O) groups excluding carboxylic acids is 2. The Balaban J connectivity index is 2.60. The number of ether oxygens (including phenoxy) is 1. The molecule has 0 aromatic rings. The van der Waals surface area contributed by atoms with Crippen molar-refractivity contribution >= 4 is 12.3 Å². The zero-order chi connectivity index (χ0) is 12.9. The van der Waals surface area contributed by atoms with Crippen molar-refractivity contribution in [3.8, 4) is 0 Å². The van der Waals surface area contributed by atoms with Gasteiger partial charge in [-0.15, -0.1) is 0 Å². The predicted octanol–water partition coefficient (Wildman–Crippen LogP) is 3.11. The maximum atomic E-state index is 11.2. The van der Waals surface area contributed by atoms with E-state index in [0.29, 0.717) is 18.8 Å². The molecule has 0 bridgehead atoms. The molecule has 0 aromatic heterocycles. The molecule has 0 aliphatic heterocycles. The molecule has 1 aliphatic rings. The molecule has 0 heterocycles. The van der Waals surface area contributed by atoms with Crippen molar-refractivity contribution in [2.75, 3.05) is 0 Å². The lowest BCUT2D eigenvalue weighted by Crippen LogP contribution is -2.39. The average molecular weight is 240 g/mol. The summed E-state index contributed by atoms with van der Waals surface area (Å²) in [5.74, 6) is 1.20. The van der Waals surface area contributed by atoms with Gasteiger partial charge in [0.1, 0.15) is 11.9 Å². The largest absolute Gasteiger partial charge is 0.459 e. The minimum absolute atomic E-state index is 0.223. The normalized spacial score (nSPS) is 29.1. The third kappa shape index (κ3) is 4.14. The molecule has 3 nitrogen and oxygen atoms in total. The Kier molecular flexibility index (Phi) is 5.16. The van der Waals surface area contributed by atoms with Crippen LogP contribution in [0, 0.1) is 11.8 Å². The van der Waals surface area contributed by atoms with E-state index in [4.69, 9.17) is 4.74 Å². The fourth-order valence-electron chi connectivity index (χ4n) is 2.86. The van der Waals surface area contributed by atoms with Gasteiger partial charge < -0.3 is 9.53 Å². The molecule has 98 valence electrons. The number of rotatable bonds is 5. The van der Waals surface area contributed by atoms with Crippen LogP contribution in [-0.2, 0) is 14.3 Å². The van der Waals surface area contributed by atoms with Gasteiger partial charge in [-0.2, -0.15) is 0 Å². The lowest BCUT2D eigenvalue weighted by molar-refractivity contribution is -0.163. The minimum Gasteiger partial charge on any atom is -0.459 e. The summed E-state index contributed by atoms with van der Waals surface area (Å²) in [4.78, 5) is 21.7. The van der Waals surface area contributed by atoms with Crippen LogP contribution in [0.1, 0.15) is 59.3 Å². The molecule has 1 fully saturated rings. The molecule has 0 radical (unpaired) electrons. The lowest BCUT2D eigenvalue weighted by atomic mass is 9.73. The minimum atomic E-state index is -0.363. The first-order valence-electron chi connectivity index (χ1n) is 6.62. The van der Waals surface area contributed by atoms with Gasteiger partial charge in [-0.25, -0.2) is 0 Å². The highest BCUT2D eigenvalue weighted by molar-refractivity contribution is 5.66. The van der Waals surface area contributed by atoms with Crippen LogP contribution in [0.25, 0.3) is 0 Å². The number of esters is 1. The first-order chi connectivity index (χ1) is 7.99. The van der Waals surface area contributed by atoms with Crippen LogP contribution in [0.2, 0.25) is 0 Å². The standard InChI is InChI=1S/C14H24O3/c1-11(2)13-5-8-14(9-6-13,7-4-10-15)17-12(3)16/h10-11,13H,4-9H2,1-3H3. The Morgan fingerprint density at radius 2 is 2.00 bits per heavy atom. The van der Waals surface area contributed by atoms with Crippen LogP contribution in [0.15, 0.2) is 0 Å². The molecular weight excluding hydrogens is 216 g/mol. The van der Waals surface area contributed by atoms with Gasteiger partial charge in [-0.3, -0.25) is 4.79 Å². The van der Waals surface area contributed by atoms with Crippen molar-refractivity contribution in [2.45, 2.75) is 64.9 Å². The highest BCUT2D eigenvalue weighted by Gasteiger charge is 2.38. The van der Waals surface area contributed by atoms with Crippen molar-refractivity contribution in [3.05, 3.63) is 0 Å². The van der Waals surface area contributed by atoms with E-state index in [9.17, 15) is 9.59 Å². The highest BCUT2D eigenvalue weighted by Crippen LogP contribution is 2.40. The van der Waals surface area contributed by atoms with E-state index in [0.717, 1.165) is 37.9 Å². The molecule has 0 aromatic carbocycles. The van der Waals surface area contributed by atoms with E-state index in [1.807, 2.05) is 0 Å². The molecule has 0 amide bonds. The lowest BCUT2D eigenvalue weighted by Gasteiger charge is -2.40. The summed E-state index contributed by atoms with van der Waals surface area (Å²) in [5.41, 5.74) is -0.363. The molecule has 17 heavy (non-hydrogen) atoms. The molecule has 0 unspecified atom stereocenters. The van der Waals surface area contributed by atoms with E-state index >= 15 is 0 Å². The van der Waals surface area contributed by atoms with Crippen LogP contribution in [0.5, 0.6) is 0 Å². The van der Waals surface area contributed by atoms with E-state index in [1.165, 1.54) is 6.92 Å². The second-order valence-corrected chi connectivity index (χ2v) is 5.56. The average Bonchev–Trinajstić information content (AvgIpc) is 2.26. The van der Waals surface area contributed by atoms with E-state index < -0.39 is 0 Å². The third-order valence-electron chi connectivity index (χ3n) is 3.96. The summed E-state index contributed by atoms with van der Waals surface area (Å²) in [7, 11) is 0. The van der Waals surface area contributed by atoms with Crippen LogP contribution in [0.4, 0.5) is 0 Å². The maximum absolute atomic E-state index is 11.2. The molecule has 1 aliphatic carbocycles. The second kappa shape index (κ2) is 6.18. The van der Waals surface area contributed by atoms with Gasteiger partial charge in [0.15, 0.2) is 0 Å². The summed E-state index contributed by atoms with van der Waals surface area (Å²) in [5, 5.41) is 0. The Hall–Kier alpha value is -0.860. The smallest absolute Gasteiger partial charge is 0.303 e. The molecule has 0 N–H and O–H groups in total. The fourth-order valence-corrected chi connectivity index (χ4v) is 2.86. The van der Waals surface area contributed by atoms with Crippen LogP contribution in [-0.4, -0.2) is 17.9 Å². The monoisotopic (exact) mass is 240 g/mol. The number of aldehydes is 1. The third-order valence-corrected chi connectivity index (χ3v) is 3.96. The molecular formula is C14H24O3. The zero-order valence-corrected chi connectivity index (χ0v) is 11.2. The topological polar surface area (TPSA) is 43.4 Å². The van der Waals surface area contributed by atoms with E-state index in [2.05, 4.69) is 13.8 Å². The number of hydrogen-bond donors (Lipinski definition) is 0. The Morgan fingerprint density at radius 1 is 1.41 bits per heavy atom. The van der Waals surface area contributed by atoms with Crippen LogP contribution >= 0.6 is 0 Å². The van der Waals surface area contributed by atoms with Gasteiger partial charge in [-0.1, -0.05) is 13.8 Å². The number of hydrogen-bond acceptors (Lipinski definition) is 3. The SMILES string of the molecule is CC(=O)OC1(CCC=O)CCC(C(C)C)CC1. The summed E-state index contributed by atoms with van der Waals surface area (Å²) >= 11 is 0. The molecule has 1 saturated carbocycles. The van der Waals surface area contributed by atoms with E-state index in [1.54, 1.807) is 0 Å². The van der Waals surface area contributed by atoms with Gasteiger partial charge in [0, 0.05) is 13.3 Å². The second-order valence-electron chi connectivity index (χ2n) is 5.56. The summed E-state index contributed by atoms with van der Waals surface area (Å²) in [6.07, 6.45) is 6.10. The highest BCUT2D eigenvalue weighted by atomic mass is 16.6. The van der Waals surface area contributed by atoms with Crippen LogP contribution < -0.4 is 0 Å². The summed E-state index contributed by atoms with van der Waals surface area (Å²) in [6, 6.07) is 0. The van der Waals surface area contributed by atoms with Gasteiger partial charge in [0.05, 0.1) is 0 Å². The van der Waals surface area contributed by atoms with Crippen molar-refractivity contribution in [3.63, 3.8) is 0 Å². The van der Waals surface area contributed by atoms with Crippen molar-refractivity contribution in [1.29, 1.82) is 0 Å². The van der Waals surface area contributed by atoms with Gasteiger partial charge in [0.25, 0.3) is 0 Å². The van der Waals surface area contributed by atoms with Gasteiger partial charge >= 0.3 is 5.97 Å². The maximum Gasteiger partial charge on any atom is 0.303 e. The predicted molar refractivity (Wildman–Crippen MR) is 66.6 cm³/mol. The van der Waals surface area contributed by atoms with Crippen molar-refractivity contribution in [1.82, 2.24) is 0 Å². The van der Waals surface area contributed by atoms with E-state index in [-0.39, 0.29) is 11.6 Å². The fraction of sp³-hybridized carbons (Fsp3) is 0.857. The zero-order valence-electron chi connectivity index (χ0n) is 11.2. The summed E-state index contributed by atoms with van der Waals surface area (Å²) in [6.45, 7) is 5.95. The summed E-state index contributed by atoms with van der Waals surface area (Å²) < 4.78 is 5.51.